The topological polar surface area (TPSA) is 83.0 Å². The molecule has 9 heteroatoms. The molecule has 1 aromatic heterocycles. The summed E-state index contributed by atoms with van der Waals surface area (Å²) >= 11 is 5.85. The van der Waals surface area contributed by atoms with Gasteiger partial charge in [0.25, 0.3) is 0 Å². The number of likely N-dealkylation sites (N-methyl/N-ethyl adjacent to an activating group) is 1. The first-order chi connectivity index (χ1) is 9.15. The minimum atomic E-state index is -0.493. The van der Waals surface area contributed by atoms with Crippen LogP contribution in [0, 0.1) is 0 Å². The molecule has 0 aliphatic rings. The van der Waals surface area contributed by atoms with Gasteiger partial charge < -0.3 is 32.6 Å². The molecule has 0 spiro atoms. The van der Waals surface area contributed by atoms with Gasteiger partial charge >= 0.3 is 0 Å². The summed E-state index contributed by atoms with van der Waals surface area (Å²) in [6.07, 6.45) is -0.493. The van der Waals surface area contributed by atoms with E-state index in [0.717, 1.165) is 0 Å². The van der Waals surface area contributed by atoms with E-state index in [1.807, 2.05) is 35.0 Å². The zero-order chi connectivity index (χ0) is 15.3. The van der Waals surface area contributed by atoms with E-state index >= 15 is 0 Å². The summed E-state index contributed by atoms with van der Waals surface area (Å²) in [5.41, 5.74) is 0. The van der Waals surface area contributed by atoms with Crippen LogP contribution in [0.4, 0.5) is 11.9 Å². The molecule has 0 saturated heterocycles. The molecule has 0 saturated carbocycles. The van der Waals surface area contributed by atoms with Gasteiger partial charge in [0.1, 0.15) is 12.6 Å². The van der Waals surface area contributed by atoms with Crippen LogP contribution >= 0.6 is 11.6 Å². The molecule has 7 nitrogen and oxygen atoms in total. The van der Waals surface area contributed by atoms with Crippen molar-refractivity contribution in [1.82, 2.24) is 15.0 Å². The van der Waals surface area contributed by atoms with Crippen LogP contribution < -0.4 is 23.0 Å². The van der Waals surface area contributed by atoms with Gasteiger partial charge in [-0.05, 0) is 25.4 Å². The largest absolute Gasteiger partial charge is 1.00 e. The molecule has 1 atom stereocenters. The van der Waals surface area contributed by atoms with E-state index in [-0.39, 0.29) is 23.7 Å². The molecule has 1 aromatic rings. The highest BCUT2D eigenvalue weighted by molar-refractivity contribution is 6.28. The second kappa shape index (κ2) is 8.53. The van der Waals surface area contributed by atoms with Crippen molar-refractivity contribution in [3.63, 3.8) is 0 Å². The summed E-state index contributed by atoms with van der Waals surface area (Å²) in [5.74, 6) is 0.775. The van der Waals surface area contributed by atoms with Gasteiger partial charge in [-0.1, -0.05) is 0 Å². The van der Waals surface area contributed by atoms with Crippen LogP contribution in [0.25, 0.3) is 0 Å². The maximum absolute atomic E-state index is 9.93. The first-order valence-electron chi connectivity index (χ1n) is 6.56. The highest BCUT2D eigenvalue weighted by atomic mass is 35.5. The maximum atomic E-state index is 9.93. The zero-order valence-electron chi connectivity index (χ0n) is 13.1. The summed E-state index contributed by atoms with van der Waals surface area (Å²) in [6, 6.07) is 0.199. The monoisotopic (exact) mass is 338 g/mol. The molecule has 0 fully saturated rings. The van der Waals surface area contributed by atoms with Gasteiger partial charge in [0, 0.05) is 12.6 Å². The lowest BCUT2D eigenvalue weighted by atomic mass is 10.3. The molecule has 0 aliphatic carbocycles. The lowest BCUT2D eigenvalue weighted by Gasteiger charge is -2.26. The molecule has 0 amide bonds. The number of nitrogens with one attached hydrogen (secondary N) is 2. The van der Waals surface area contributed by atoms with Crippen LogP contribution in [0.1, 0.15) is 13.8 Å². The first-order valence-corrected chi connectivity index (χ1v) is 6.94. The van der Waals surface area contributed by atoms with Crippen molar-refractivity contribution in [2.24, 2.45) is 0 Å². The van der Waals surface area contributed by atoms with E-state index in [2.05, 4.69) is 25.6 Å². The van der Waals surface area contributed by atoms with Crippen molar-refractivity contribution in [2.45, 2.75) is 26.0 Å². The van der Waals surface area contributed by atoms with Crippen molar-refractivity contribution in [1.29, 1.82) is 0 Å². The smallest absolute Gasteiger partial charge is 0.228 e. The molecule has 21 heavy (non-hydrogen) atoms. The number of hydrogen-bond acceptors (Lipinski definition) is 6. The molecule has 1 heterocycles. The normalized spacial score (nSPS) is 12.8. The van der Waals surface area contributed by atoms with Crippen molar-refractivity contribution in [2.75, 3.05) is 44.9 Å². The van der Waals surface area contributed by atoms with Crippen LogP contribution in [-0.2, 0) is 0 Å². The predicted molar refractivity (Wildman–Crippen MR) is 81.0 cm³/mol. The van der Waals surface area contributed by atoms with Crippen LogP contribution in [0.5, 0.6) is 0 Å². The summed E-state index contributed by atoms with van der Waals surface area (Å²) in [5, 5.41) is 16.1. The van der Waals surface area contributed by atoms with E-state index < -0.39 is 6.10 Å². The van der Waals surface area contributed by atoms with E-state index in [1.165, 1.54) is 0 Å². The highest BCUT2D eigenvalue weighted by Gasteiger charge is 2.16. The standard InChI is InChI=1S/C12H24ClN6O.ClH/c1-8(2)15-12-17-10(13)16-11(18-12)14-6-9(20)7-19(3,4)5;/h8-9,20H,6-7H2,1-5H3,(H2,14,15,16,17,18);1H/q+1;/p-1. The lowest BCUT2D eigenvalue weighted by Crippen LogP contribution is -3.00. The first kappa shape index (κ1) is 20.1. The summed E-state index contributed by atoms with van der Waals surface area (Å²) in [4.78, 5) is 12.2. The SMILES string of the molecule is CC(C)Nc1nc(Cl)nc(NCC(O)C[N+](C)(C)C)n1.[Cl-]. The molecule has 122 valence electrons. The Morgan fingerprint density at radius 2 is 1.71 bits per heavy atom. The number of rotatable bonds is 7. The highest BCUT2D eigenvalue weighted by Crippen LogP contribution is 2.10. The Bertz CT molecular complexity index is 438. The summed E-state index contributed by atoms with van der Waals surface area (Å²) in [7, 11) is 6.06. The van der Waals surface area contributed by atoms with Crippen LogP contribution in [0.3, 0.4) is 0 Å². The minimum absolute atomic E-state index is 0. The quantitative estimate of drug-likeness (QED) is 0.491. The van der Waals surface area contributed by atoms with E-state index in [9.17, 15) is 5.11 Å². The number of quaternary nitrogens is 1. The fourth-order valence-electron chi connectivity index (χ4n) is 1.66. The third-order valence-corrected chi connectivity index (χ3v) is 2.45. The fourth-order valence-corrected chi connectivity index (χ4v) is 1.82. The zero-order valence-corrected chi connectivity index (χ0v) is 14.6. The molecule has 1 unspecified atom stereocenters. The molecule has 1 rings (SSSR count). The van der Waals surface area contributed by atoms with Crippen molar-refractivity contribution < 1.29 is 22.0 Å². The van der Waals surface area contributed by atoms with Crippen molar-refractivity contribution in [3.8, 4) is 0 Å². The molecule has 0 bridgehead atoms. The Balaban J connectivity index is 0.00000400. The van der Waals surface area contributed by atoms with Gasteiger partial charge in [-0.3, -0.25) is 0 Å². The van der Waals surface area contributed by atoms with Gasteiger partial charge in [0.2, 0.25) is 17.2 Å². The average Bonchev–Trinajstić information content (AvgIpc) is 2.22. The molecular formula is C12H24Cl2N6O. The molecule has 0 aliphatic heterocycles. The van der Waals surface area contributed by atoms with Gasteiger partial charge in [-0.15, -0.1) is 0 Å². The Morgan fingerprint density at radius 1 is 1.14 bits per heavy atom. The Morgan fingerprint density at radius 3 is 2.24 bits per heavy atom. The van der Waals surface area contributed by atoms with E-state index in [1.54, 1.807) is 0 Å². The number of anilines is 2. The number of aliphatic hydroxyl groups is 1. The minimum Gasteiger partial charge on any atom is -1.00 e. The lowest BCUT2D eigenvalue weighted by molar-refractivity contribution is -0.873. The molecular weight excluding hydrogens is 315 g/mol. The number of aliphatic hydroxyl groups excluding tert-OH is 1. The van der Waals surface area contributed by atoms with Crippen LogP contribution in [0.15, 0.2) is 0 Å². The van der Waals surface area contributed by atoms with Gasteiger partial charge in [0.15, 0.2) is 0 Å². The molecule has 0 radical (unpaired) electrons. The Hall–Kier alpha value is -0.890. The van der Waals surface area contributed by atoms with Crippen LogP contribution in [0.2, 0.25) is 5.28 Å². The van der Waals surface area contributed by atoms with Crippen LogP contribution in [-0.4, -0.2) is 70.9 Å². The summed E-state index contributed by atoms with van der Waals surface area (Å²) < 4.78 is 0.682. The average molecular weight is 339 g/mol. The second-order valence-electron chi connectivity index (χ2n) is 6.06. The van der Waals surface area contributed by atoms with E-state index in [4.69, 9.17) is 11.6 Å². The Labute approximate surface area is 137 Å². The molecule has 0 aromatic carbocycles. The van der Waals surface area contributed by atoms with Crippen molar-refractivity contribution >= 4 is 23.5 Å². The fraction of sp³-hybridized carbons (Fsp3) is 0.750. The number of aromatic nitrogens is 3. The number of halogens is 2. The third kappa shape index (κ3) is 8.87. The molecule has 3 N–H and O–H groups in total. The predicted octanol–water partition coefficient (Wildman–Crippen LogP) is -2.17. The van der Waals surface area contributed by atoms with Crippen molar-refractivity contribution in [3.05, 3.63) is 5.28 Å². The van der Waals surface area contributed by atoms with Gasteiger partial charge in [-0.25, -0.2) is 0 Å². The Kier molecular flexibility index (Phi) is 8.17. The van der Waals surface area contributed by atoms with Gasteiger partial charge in [0.05, 0.1) is 21.1 Å². The number of nitrogens with zero attached hydrogens (tertiary/aromatic N) is 4. The summed E-state index contributed by atoms with van der Waals surface area (Å²) in [6.45, 7) is 4.95. The van der Waals surface area contributed by atoms with Gasteiger partial charge in [-0.2, -0.15) is 15.0 Å². The third-order valence-electron chi connectivity index (χ3n) is 2.28. The maximum Gasteiger partial charge on any atom is 0.228 e. The number of hydrogen-bond donors (Lipinski definition) is 3. The van der Waals surface area contributed by atoms with E-state index in [0.29, 0.717) is 29.5 Å². The second-order valence-corrected chi connectivity index (χ2v) is 6.40.